The first-order valence-corrected chi connectivity index (χ1v) is 6.03. The molecule has 0 bridgehead atoms. The standard InChI is InChI=1S/C13H20FN3/c1-10-8-16(2)5-6-17(10)9-11-3-4-13(15)12(14)7-11/h3-4,7,10H,5-6,8-9,15H2,1-2H3. The molecule has 1 atom stereocenters. The van der Waals surface area contributed by atoms with E-state index in [0.29, 0.717) is 6.04 Å². The number of hydrogen-bond donors (Lipinski definition) is 1. The summed E-state index contributed by atoms with van der Waals surface area (Å²) in [7, 11) is 2.14. The summed E-state index contributed by atoms with van der Waals surface area (Å²) in [5.41, 5.74) is 6.69. The van der Waals surface area contributed by atoms with Gasteiger partial charge in [0.05, 0.1) is 5.69 Å². The van der Waals surface area contributed by atoms with Crippen molar-refractivity contribution in [3.63, 3.8) is 0 Å². The van der Waals surface area contributed by atoms with Gasteiger partial charge in [-0.15, -0.1) is 0 Å². The van der Waals surface area contributed by atoms with Crippen LogP contribution in [0.5, 0.6) is 0 Å². The van der Waals surface area contributed by atoms with Gasteiger partial charge < -0.3 is 10.6 Å². The molecule has 1 aliphatic heterocycles. The van der Waals surface area contributed by atoms with E-state index in [9.17, 15) is 4.39 Å². The molecular weight excluding hydrogens is 217 g/mol. The summed E-state index contributed by atoms with van der Waals surface area (Å²) in [6.45, 7) is 6.18. The van der Waals surface area contributed by atoms with Crippen LogP contribution in [-0.2, 0) is 6.54 Å². The van der Waals surface area contributed by atoms with Crippen molar-refractivity contribution >= 4 is 5.69 Å². The molecule has 17 heavy (non-hydrogen) atoms. The minimum absolute atomic E-state index is 0.222. The lowest BCUT2D eigenvalue weighted by Gasteiger charge is -2.38. The molecule has 0 saturated carbocycles. The molecule has 0 aromatic heterocycles. The Hall–Kier alpha value is -1.13. The molecule has 0 spiro atoms. The SMILES string of the molecule is CC1CN(C)CCN1Cc1ccc(N)c(F)c1. The summed E-state index contributed by atoms with van der Waals surface area (Å²) < 4.78 is 13.3. The molecule has 4 heteroatoms. The van der Waals surface area contributed by atoms with Crippen LogP contribution < -0.4 is 5.73 Å². The highest BCUT2D eigenvalue weighted by molar-refractivity contribution is 5.41. The molecule has 0 radical (unpaired) electrons. The maximum atomic E-state index is 13.3. The van der Waals surface area contributed by atoms with E-state index in [0.717, 1.165) is 31.7 Å². The quantitative estimate of drug-likeness (QED) is 0.792. The third-order valence-electron chi connectivity index (χ3n) is 3.42. The molecule has 1 unspecified atom stereocenters. The fraction of sp³-hybridized carbons (Fsp3) is 0.538. The first-order chi connectivity index (χ1) is 8.06. The number of piperazine rings is 1. The summed E-state index contributed by atoms with van der Waals surface area (Å²) in [5.74, 6) is -0.315. The Morgan fingerprint density at radius 1 is 1.41 bits per heavy atom. The van der Waals surface area contributed by atoms with Crippen molar-refractivity contribution in [2.45, 2.75) is 19.5 Å². The van der Waals surface area contributed by atoms with E-state index in [1.807, 2.05) is 6.07 Å². The van der Waals surface area contributed by atoms with Crippen molar-refractivity contribution in [2.75, 3.05) is 32.4 Å². The molecule has 1 heterocycles. The van der Waals surface area contributed by atoms with Crippen LogP contribution in [0.15, 0.2) is 18.2 Å². The molecule has 1 aromatic rings. The molecular formula is C13H20FN3. The van der Waals surface area contributed by atoms with Gasteiger partial charge in [0.25, 0.3) is 0 Å². The van der Waals surface area contributed by atoms with Gasteiger partial charge in [-0.25, -0.2) is 4.39 Å². The number of nitrogens with zero attached hydrogens (tertiary/aromatic N) is 2. The zero-order valence-corrected chi connectivity index (χ0v) is 10.5. The van der Waals surface area contributed by atoms with Gasteiger partial charge in [0.1, 0.15) is 5.82 Å². The fourth-order valence-corrected chi connectivity index (χ4v) is 2.32. The number of benzene rings is 1. The summed E-state index contributed by atoms with van der Waals surface area (Å²) >= 11 is 0. The lowest BCUT2D eigenvalue weighted by atomic mass is 10.1. The van der Waals surface area contributed by atoms with Crippen molar-refractivity contribution < 1.29 is 4.39 Å². The van der Waals surface area contributed by atoms with Gasteiger partial charge in [0.15, 0.2) is 0 Å². The molecule has 94 valence electrons. The Balaban J connectivity index is 2.02. The lowest BCUT2D eigenvalue weighted by Crippen LogP contribution is -2.49. The van der Waals surface area contributed by atoms with Gasteiger partial charge in [-0.3, -0.25) is 4.90 Å². The molecule has 0 amide bonds. The van der Waals surface area contributed by atoms with Crippen LogP contribution in [0.4, 0.5) is 10.1 Å². The summed E-state index contributed by atoms with van der Waals surface area (Å²) in [4.78, 5) is 4.70. The van der Waals surface area contributed by atoms with Gasteiger partial charge in [0.2, 0.25) is 0 Å². The molecule has 1 saturated heterocycles. The van der Waals surface area contributed by atoms with Crippen molar-refractivity contribution in [1.82, 2.24) is 9.80 Å². The summed E-state index contributed by atoms with van der Waals surface area (Å²) in [6.07, 6.45) is 0. The number of anilines is 1. The highest BCUT2D eigenvalue weighted by Gasteiger charge is 2.21. The zero-order valence-electron chi connectivity index (χ0n) is 10.5. The van der Waals surface area contributed by atoms with Crippen LogP contribution in [0.1, 0.15) is 12.5 Å². The first kappa shape index (κ1) is 12.3. The average molecular weight is 237 g/mol. The minimum Gasteiger partial charge on any atom is -0.396 e. The molecule has 1 aromatic carbocycles. The van der Waals surface area contributed by atoms with Crippen LogP contribution >= 0.6 is 0 Å². The Morgan fingerprint density at radius 2 is 2.18 bits per heavy atom. The maximum absolute atomic E-state index is 13.3. The van der Waals surface area contributed by atoms with Gasteiger partial charge in [0, 0.05) is 32.2 Å². The lowest BCUT2D eigenvalue weighted by molar-refractivity contribution is 0.0937. The van der Waals surface area contributed by atoms with E-state index < -0.39 is 0 Å². The van der Waals surface area contributed by atoms with E-state index in [1.165, 1.54) is 0 Å². The number of rotatable bonds is 2. The largest absolute Gasteiger partial charge is 0.396 e. The second-order valence-corrected chi connectivity index (χ2v) is 4.94. The number of halogens is 1. The van der Waals surface area contributed by atoms with Gasteiger partial charge >= 0.3 is 0 Å². The van der Waals surface area contributed by atoms with Gasteiger partial charge in [-0.1, -0.05) is 6.07 Å². The number of nitrogens with two attached hydrogens (primary N) is 1. The summed E-state index contributed by atoms with van der Waals surface area (Å²) in [6, 6.07) is 5.60. The van der Waals surface area contributed by atoms with Crippen LogP contribution in [0.3, 0.4) is 0 Å². The van der Waals surface area contributed by atoms with Crippen molar-refractivity contribution in [3.05, 3.63) is 29.6 Å². The molecule has 2 N–H and O–H groups in total. The van der Waals surface area contributed by atoms with Gasteiger partial charge in [-0.05, 0) is 31.7 Å². The van der Waals surface area contributed by atoms with E-state index in [2.05, 4.69) is 23.8 Å². The van der Waals surface area contributed by atoms with E-state index in [-0.39, 0.29) is 11.5 Å². The third-order valence-corrected chi connectivity index (χ3v) is 3.42. The monoisotopic (exact) mass is 237 g/mol. The first-order valence-electron chi connectivity index (χ1n) is 6.03. The maximum Gasteiger partial charge on any atom is 0.146 e. The minimum atomic E-state index is -0.315. The average Bonchev–Trinajstić information content (AvgIpc) is 2.27. The van der Waals surface area contributed by atoms with Crippen molar-refractivity contribution in [3.8, 4) is 0 Å². The Kier molecular flexibility index (Phi) is 3.64. The Morgan fingerprint density at radius 3 is 2.82 bits per heavy atom. The summed E-state index contributed by atoms with van der Waals surface area (Å²) in [5, 5.41) is 0. The van der Waals surface area contributed by atoms with Crippen molar-refractivity contribution in [1.29, 1.82) is 0 Å². The molecule has 1 aliphatic rings. The third kappa shape index (κ3) is 2.96. The molecule has 3 nitrogen and oxygen atoms in total. The van der Waals surface area contributed by atoms with Crippen LogP contribution in [0.2, 0.25) is 0 Å². The molecule has 2 rings (SSSR count). The van der Waals surface area contributed by atoms with Crippen LogP contribution in [0.25, 0.3) is 0 Å². The highest BCUT2D eigenvalue weighted by Crippen LogP contribution is 2.16. The predicted octanol–water partition coefficient (Wildman–Crippen LogP) is 1.54. The van der Waals surface area contributed by atoms with E-state index in [4.69, 9.17) is 5.73 Å². The van der Waals surface area contributed by atoms with Crippen LogP contribution in [-0.4, -0.2) is 42.5 Å². The Labute approximate surface area is 102 Å². The van der Waals surface area contributed by atoms with E-state index in [1.54, 1.807) is 12.1 Å². The highest BCUT2D eigenvalue weighted by atomic mass is 19.1. The topological polar surface area (TPSA) is 32.5 Å². The molecule has 1 fully saturated rings. The second kappa shape index (κ2) is 5.02. The fourth-order valence-electron chi connectivity index (χ4n) is 2.32. The number of nitrogen functional groups attached to an aromatic ring is 1. The van der Waals surface area contributed by atoms with Crippen LogP contribution in [0, 0.1) is 5.82 Å². The predicted molar refractivity (Wildman–Crippen MR) is 68.2 cm³/mol. The normalized spacial score (nSPS) is 22.9. The van der Waals surface area contributed by atoms with Crippen molar-refractivity contribution in [2.24, 2.45) is 0 Å². The molecule has 0 aliphatic carbocycles. The van der Waals surface area contributed by atoms with E-state index >= 15 is 0 Å². The Bertz CT molecular complexity index is 394. The number of hydrogen-bond acceptors (Lipinski definition) is 3. The number of likely N-dealkylation sites (N-methyl/N-ethyl adjacent to an activating group) is 1. The van der Waals surface area contributed by atoms with Gasteiger partial charge in [-0.2, -0.15) is 0 Å². The smallest absolute Gasteiger partial charge is 0.146 e. The zero-order chi connectivity index (χ0) is 12.4. The second-order valence-electron chi connectivity index (χ2n) is 4.94.